The molecule has 0 bridgehead atoms. The summed E-state index contributed by atoms with van der Waals surface area (Å²) in [5, 5.41) is 3.42. The second-order valence-electron chi connectivity index (χ2n) is 3.42. The van der Waals surface area contributed by atoms with Gasteiger partial charge in [-0.15, -0.1) is 0 Å². The van der Waals surface area contributed by atoms with E-state index in [1.165, 1.54) is 25.1 Å². The van der Waals surface area contributed by atoms with Crippen molar-refractivity contribution < 1.29 is 0 Å². The minimum atomic E-state index is 0.960. The van der Waals surface area contributed by atoms with E-state index >= 15 is 0 Å². The molecule has 0 aliphatic heterocycles. The minimum absolute atomic E-state index is 0.960. The normalized spacial score (nSPS) is 16.8. The molecule has 3 heteroatoms. The fraction of sp³-hybridized carbons (Fsp3) is 0.556. The number of H-pyrrole nitrogens is 1. The zero-order valence-corrected chi connectivity index (χ0v) is 8.52. The van der Waals surface area contributed by atoms with E-state index < -0.39 is 0 Å². The SMILES string of the molecule is Brc1c[nH]c(CNCC2CC2)c1. The van der Waals surface area contributed by atoms with Gasteiger partial charge in [-0.1, -0.05) is 0 Å². The molecule has 0 atom stereocenters. The van der Waals surface area contributed by atoms with Crippen LogP contribution < -0.4 is 5.32 Å². The van der Waals surface area contributed by atoms with Crippen LogP contribution in [0.15, 0.2) is 16.7 Å². The van der Waals surface area contributed by atoms with Crippen molar-refractivity contribution in [1.82, 2.24) is 10.3 Å². The Hall–Kier alpha value is -0.280. The van der Waals surface area contributed by atoms with Gasteiger partial charge in [-0.3, -0.25) is 0 Å². The van der Waals surface area contributed by atoms with E-state index in [-0.39, 0.29) is 0 Å². The van der Waals surface area contributed by atoms with Gasteiger partial charge in [0.15, 0.2) is 0 Å². The van der Waals surface area contributed by atoms with Crippen molar-refractivity contribution in [1.29, 1.82) is 0 Å². The molecule has 1 aliphatic rings. The molecule has 0 spiro atoms. The quantitative estimate of drug-likeness (QED) is 0.814. The molecule has 0 saturated heterocycles. The molecule has 1 fully saturated rings. The first-order valence-corrected chi connectivity index (χ1v) is 5.17. The van der Waals surface area contributed by atoms with Crippen molar-refractivity contribution in [2.75, 3.05) is 6.54 Å². The molecule has 1 aromatic heterocycles. The number of halogens is 1. The molecule has 0 aromatic carbocycles. The van der Waals surface area contributed by atoms with E-state index in [4.69, 9.17) is 0 Å². The Morgan fingerprint density at radius 2 is 2.42 bits per heavy atom. The zero-order valence-electron chi connectivity index (χ0n) is 6.94. The number of aromatic nitrogens is 1. The summed E-state index contributed by atoms with van der Waals surface area (Å²) >= 11 is 3.41. The smallest absolute Gasteiger partial charge is 0.0357 e. The van der Waals surface area contributed by atoms with Gasteiger partial charge in [0.2, 0.25) is 0 Å². The van der Waals surface area contributed by atoms with Crippen LogP contribution in [0.1, 0.15) is 18.5 Å². The Balaban J connectivity index is 1.71. The van der Waals surface area contributed by atoms with Crippen molar-refractivity contribution in [3.05, 3.63) is 22.4 Å². The molecule has 1 heterocycles. The Labute approximate surface area is 80.9 Å². The topological polar surface area (TPSA) is 27.8 Å². The van der Waals surface area contributed by atoms with Crippen LogP contribution in [0, 0.1) is 5.92 Å². The molecule has 1 saturated carbocycles. The Kier molecular flexibility index (Phi) is 2.51. The van der Waals surface area contributed by atoms with E-state index in [1.807, 2.05) is 6.20 Å². The Morgan fingerprint density at radius 3 is 3.00 bits per heavy atom. The van der Waals surface area contributed by atoms with Gasteiger partial charge in [-0.05, 0) is 47.3 Å². The highest BCUT2D eigenvalue weighted by Crippen LogP contribution is 2.27. The van der Waals surface area contributed by atoms with E-state index in [1.54, 1.807) is 0 Å². The second-order valence-corrected chi connectivity index (χ2v) is 4.33. The molecular formula is C9H13BrN2. The van der Waals surface area contributed by atoms with Crippen molar-refractivity contribution in [2.45, 2.75) is 19.4 Å². The standard InChI is InChI=1S/C9H13BrN2/c10-8-3-9(12-5-8)6-11-4-7-1-2-7/h3,5,7,11-12H,1-2,4,6H2. The molecule has 0 amide bonds. The predicted octanol–water partition coefficient (Wildman–Crippen LogP) is 2.28. The fourth-order valence-corrected chi connectivity index (χ4v) is 1.64. The van der Waals surface area contributed by atoms with Gasteiger partial charge in [0.1, 0.15) is 0 Å². The average Bonchev–Trinajstić information content (AvgIpc) is 2.76. The van der Waals surface area contributed by atoms with Crippen LogP contribution in [-0.4, -0.2) is 11.5 Å². The van der Waals surface area contributed by atoms with E-state index in [0.717, 1.165) is 16.9 Å². The molecule has 2 rings (SSSR count). The lowest BCUT2D eigenvalue weighted by Crippen LogP contribution is -2.16. The lowest BCUT2D eigenvalue weighted by molar-refractivity contribution is 0.632. The third kappa shape index (κ3) is 2.35. The number of aromatic amines is 1. The molecular weight excluding hydrogens is 216 g/mol. The number of nitrogens with one attached hydrogen (secondary N) is 2. The van der Waals surface area contributed by atoms with Crippen LogP contribution in [-0.2, 0) is 6.54 Å². The molecule has 1 aromatic rings. The van der Waals surface area contributed by atoms with Gasteiger partial charge in [0.05, 0.1) is 0 Å². The van der Waals surface area contributed by atoms with Gasteiger partial charge in [0.25, 0.3) is 0 Å². The summed E-state index contributed by atoms with van der Waals surface area (Å²) in [6.45, 7) is 2.14. The summed E-state index contributed by atoms with van der Waals surface area (Å²) in [5.74, 6) is 0.961. The zero-order chi connectivity index (χ0) is 8.39. The number of rotatable bonds is 4. The molecule has 0 radical (unpaired) electrons. The summed E-state index contributed by atoms with van der Waals surface area (Å²) in [6.07, 6.45) is 4.80. The molecule has 0 unspecified atom stereocenters. The van der Waals surface area contributed by atoms with Gasteiger partial charge in [-0.25, -0.2) is 0 Å². The van der Waals surface area contributed by atoms with Gasteiger partial charge < -0.3 is 10.3 Å². The number of hydrogen-bond acceptors (Lipinski definition) is 1. The molecule has 66 valence electrons. The Bertz CT molecular complexity index is 253. The first-order valence-electron chi connectivity index (χ1n) is 4.38. The highest BCUT2D eigenvalue weighted by Gasteiger charge is 2.20. The molecule has 2 N–H and O–H groups in total. The minimum Gasteiger partial charge on any atom is -0.363 e. The summed E-state index contributed by atoms with van der Waals surface area (Å²) in [6, 6.07) is 2.11. The van der Waals surface area contributed by atoms with Crippen molar-refractivity contribution >= 4 is 15.9 Å². The van der Waals surface area contributed by atoms with Crippen LogP contribution in [0.3, 0.4) is 0 Å². The molecule has 12 heavy (non-hydrogen) atoms. The van der Waals surface area contributed by atoms with Crippen molar-refractivity contribution in [3.8, 4) is 0 Å². The van der Waals surface area contributed by atoms with Crippen LogP contribution in [0.4, 0.5) is 0 Å². The monoisotopic (exact) mass is 228 g/mol. The van der Waals surface area contributed by atoms with Crippen LogP contribution >= 0.6 is 15.9 Å². The number of hydrogen-bond donors (Lipinski definition) is 2. The van der Waals surface area contributed by atoms with E-state index in [2.05, 4.69) is 32.3 Å². The summed E-state index contributed by atoms with van der Waals surface area (Å²) < 4.78 is 1.13. The second kappa shape index (κ2) is 3.62. The predicted molar refractivity (Wildman–Crippen MR) is 52.9 cm³/mol. The largest absolute Gasteiger partial charge is 0.363 e. The lowest BCUT2D eigenvalue weighted by Gasteiger charge is -1.99. The van der Waals surface area contributed by atoms with Gasteiger partial charge >= 0.3 is 0 Å². The van der Waals surface area contributed by atoms with E-state index in [0.29, 0.717) is 0 Å². The van der Waals surface area contributed by atoms with Crippen LogP contribution in [0.25, 0.3) is 0 Å². The first-order chi connectivity index (χ1) is 5.84. The summed E-state index contributed by atoms with van der Waals surface area (Å²) in [7, 11) is 0. The molecule has 1 aliphatic carbocycles. The van der Waals surface area contributed by atoms with E-state index in [9.17, 15) is 0 Å². The maximum absolute atomic E-state index is 3.42. The van der Waals surface area contributed by atoms with Crippen LogP contribution in [0.5, 0.6) is 0 Å². The Morgan fingerprint density at radius 1 is 1.58 bits per heavy atom. The lowest BCUT2D eigenvalue weighted by atomic mass is 10.4. The third-order valence-corrected chi connectivity index (χ3v) is 2.61. The van der Waals surface area contributed by atoms with Crippen LogP contribution in [0.2, 0.25) is 0 Å². The fourth-order valence-electron chi connectivity index (χ4n) is 1.25. The van der Waals surface area contributed by atoms with Gasteiger partial charge in [-0.2, -0.15) is 0 Å². The summed E-state index contributed by atoms with van der Waals surface area (Å²) in [4.78, 5) is 3.19. The highest BCUT2D eigenvalue weighted by molar-refractivity contribution is 9.10. The van der Waals surface area contributed by atoms with Crippen molar-refractivity contribution in [2.24, 2.45) is 5.92 Å². The maximum atomic E-state index is 3.42. The maximum Gasteiger partial charge on any atom is 0.0357 e. The van der Waals surface area contributed by atoms with Crippen molar-refractivity contribution in [3.63, 3.8) is 0 Å². The highest BCUT2D eigenvalue weighted by atomic mass is 79.9. The average molecular weight is 229 g/mol. The third-order valence-electron chi connectivity index (χ3n) is 2.15. The summed E-state index contributed by atoms with van der Waals surface area (Å²) in [5.41, 5.74) is 1.25. The molecule has 2 nitrogen and oxygen atoms in total. The first kappa shape index (κ1) is 8.32. The van der Waals surface area contributed by atoms with Gasteiger partial charge in [0, 0.05) is 22.9 Å².